The average Bonchev–Trinajstić information content (AvgIpc) is 2.36. The number of ether oxygens (including phenoxy) is 1. The van der Waals surface area contributed by atoms with E-state index in [1.165, 1.54) is 0 Å². The van der Waals surface area contributed by atoms with Crippen LogP contribution in [0.2, 0.25) is 0 Å². The number of carboxylic acids is 1. The molecule has 0 aromatic heterocycles. The van der Waals surface area contributed by atoms with Crippen LogP contribution in [0, 0.1) is 11.3 Å². The summed E-state index contributed by atoms with van der Waals surface area (Å²) in [6.45, 7) is 8.77. The van der Waals surface area contributed by atoms with Gasteiger partial charge in [0.15, 0.2) is 0 Å². The maximum absolute atomic E-state index is 11.7. The van der Waals surface area contributed by atoms with Gasteiger partial charge in [-0.25, -0.2) is 0 Å². The number of carbonyl (C=O) groups is 1. The number of nitrogens with zero attached hydrogens (tertiary/aromatic N) is 1. The Morgan fingerprint density at radius 3 is 2.63 bits per heavy atom. The quantitative estimate of drug-likeness (QED) is 0.773. The van der Waals surface area contributed by atoms with Gasteiger partial charge in [-0.05, 0) is 31.7 Å². The van der Waals surface area contributed by atoms with Crippen molar-refractivity contribution in [1.82, 2.24) is 4.90 Å². The summed E-state index contributed by atoms with van der Waals surface area (Å²) in [5.74, 6) is -0.148. The number of aliphatic carboxylic acids is 1. The van der Waals surface area contributed by atoms with Gasteiger partial charge in [0, 0.05) is 19.7 Å². The zero-order valence-corrected chi connectivity index (χ0v) is 12.8. The molecule has 19 heavy (non-hydrogen) atoms. The Balaban J connectivity index is 2.83. The van der Waals surface area contributed by atoms with Crippen molar-refractivity contribution in [3.63, 3.8) is 0 Å². The van der Waals surface area contributed by atoms with Gasteiger partial charge in [-0.2, -0.15) is 0 Å². The molecule has 0 aliphatic carbocycles. The van der Waals surface area contributed by atoms with Gasteiger partial charge in [-0.1, -0.05) is 27.2 Å². The van der Waals surface area contributed by atoms with Gasteiger partial charge in [-0.15, -0.1) is 0 Å². The number of rotatable bonds is 7. The second-order valence-electron chi connectivity index (χ2n) is 6.18. The SMILES string of the molecule is CCCC1(C(=O)O)CCCN(C(COC)C(C)C)C1. The van der Waals surface area contributed by atoms with Gasteiger partial charge in [0.25, 0.3) is 0 Å². The molecule has 1 N–H and O–H groups in total. The molecule has 0 radical (unpaired) electrons. The third-order valence-corrected chi connectivity index (χ3v) is 4.36. The largest absolute Gasteiger partial charge is 0.481 e. The first-order valence-electron chi connectivity index (χ1n) is 7.43. The number of carboxylic acid groups (broad SMARTS) is 1. The van der Waals surface area contributed by atoms with Crippen molar-refractivity contribution in [3.8, 4) is 0 Å². The van der Waals surface area contributed by atoms with E-state index in [1.54, 1.807) is 7.11 Å². The minimum atomic E-state index is -0.626. The van der Waals surface area contributed by atoms with Crippen LogP contribution in [0.25, 0.3) is 0 Å². The van der Waals surface area contributed by atoms with E-state index < -0.39 is 11.4 Å². The lowest BCUT2D eigenvalue weighted by molar-refractivity contribution is -0.154. The molecule has 0 bridgehead atoms. The molecule has 4 heteroatoms. The highest BCUT2D eigenvalue weighted by atomic mass is 16.5. The number of hydrogen-bond acceptors (Lipinski definition) is 3. The Bertz CT molecular complexity index is 289. The average molecular weight is 271 g/mol. The van der Waals surface area contributed by atoms with Crippen molar-refractivity contribution >= 4 is 5.97 Å². The fourth-order valence-electron chi connectivity index (χ4n) is 3.30. The molecule has 2 atom stereocenters. The van der Waals surface area contributed by atoms with Crippen molar-refractivity contribution < 1.29 is 14.6 Å². The van der Waals surface area contributed by atoms with Crippen molar-refractivity contribution in [2.75, 3.05) is 26.8 Å². The van der Waals surface area contributed by atoms with E-state index in [9.17, 15) is 9.90 Å². The highest BCUT2D eigenvalue weighted by Crippen LogP contribution is 2.36. The predicted octanol–water partition coefficient (Wildman–Crippen LogP) is 2.62. The number of hydrogen-bond donors (Lipinski definition) is 1. The maximum atomic E-state index is 11.7. The van der Waals surface area contributed by atoms with Crippen LogP contribution >= 0.6 is 0 Å². The Hall–Kier alpha value is -0.610. The molecule has 0 amide bonds. The fraction of sp³-hybridized carbons (Fsp3) is 0.933. The smallest absolute Gasteiger partial charge is 0.310 e. The highest BCUT2D eigenvalue weighted by Gasteiger charge is 2.43. The van der Waals surface area contributed by atoms with E-state index in [2.05, 4.69) is 25.7 Å². The summed E-state index contributed by atoms with van der Waals surface area (Å²) in [5, 5.41) is 9.63. The molecule has 2 unspecified atom stereocenters. The molecule has 4 nitrogen and oxygen atoms in total. The molecule has 0 aromatic carbocycles. The lowest BCUT2D eigenvalue weighted by atomic mass is 9.75. The molecule has 0 saturated carbocycles. The lowest BCUT2D eigenvalue weighted by Crippen LogP contribution is -2.53. The third kappa shape index (κ3) is 3.93. The molecule has 1 heterocycles. The van der Waals surface area contributed by atoms with Crippen molar-refractivity contribution in [3.05, 3.63) is 0 Å². The number of piperidine rings is 1. The Kier molecular flexibility index (Phi) is 6.27. The van der Waals surface area contributed by atoms with Gasteiger partial charge in [-0.3, -0.25) is 9.69 Å². The molecular weight excluding hydrogens is 242 g/mol. The van der Waals surface area contributed by atoms with E-state index in [1.807, 2.05) is 0 Å². The fourth-order valence-corrected chi connectivity index (χ4v) is 3.30. The second kappa shape index (κ2) is 7.25. The third-order valence-electron chi connectivity index (χ3n) is 4.36. The van der Waals surface area contributed by atoms with Crippen LogP contribution in [0.15, 0.2) is 0 Å². The molecule has 1 aliphatic rings. The summed E-state index contributed by atoms with van der Waals surface area (Å²) in [4.78, 5) is 14.0. The summed E-state index contributed by atoms with van der Waals surface area (Å²) in [6, 6.07) is 0.320. The minimum absolute atomic E-state index is 0.320. The van der Waals surface area contributed by atoms with E-state index >= 15 is 0 Å². The van der Waals surface area contributed by atoms with Gasteiger partial charge < -0.3 is 9.84 Å². The first kappa shape index (κ1) is 16.4. The Morgan fingerprint density at radius 2 is 2.16 bits per heavy atom. The standard InChI is InChI=1S/C15H29NO3/c1-5-7-15(14(17)18)8-6-9-16(11-15)13(10-19-4)12(2)3/h12-13H,5-11H2,1-4H3,(H,17,18). The van der Waals surface area contributed by atoms with Gasteiger partial charge >= 0.3 is 5.97 Å². The topological polar surface area (TPSA) is 49.8 Å². The number of methoxy groups -OCH3 is 1. The van der Waals surface area contributed by atoms with E-state index in [0.717, 1.165) is 32.2 Å². The zero-order chi connectivity index (χ0) is 14.5. The van der Waals surface area contributed by atoms with Crippen molar-refractivity contribution in [1.29, 1.82) is 0 Å². The van der Waals surface area contributed by atoms with Gasteiger partial charge in [0.2, 0.25) is 0 Å². The Labute approximate surface area is 117 Å². The van der Waals surface area contributed by atoms with Crippen LogP contribution in [0.1, 0.15) is 46.5 Å². The molecule has 1 aliphatic heterocycles. The van der Waals surface area contributed by atoms with E-state index in [0.29, 0.717) is 25.1 Å². The highest BCUT2D eigenvalue weighted by molar-refractivity contribution is 5.75. The van der Waals surface area contributed by atoms with E-state index in [-0.39, 0.29) is 0 Å². The molecule has 1 rings (SSSR count). The van der Waals surface area contributed by atoms with Gasteiger partial charge in [0.05, 0.1) is 12.0 Å². The number of likely N-dealkylation sites (tertiary alicyclic amines) is 1. The molecular formula is C15H29NO3. The van der Waals surface area contributed by atoms with Crippen LogP contribution in [-0.4, -0.2) is 48.8 Å². The first-order chi connectivity index (χ1) is 8.96. The maximum Gasteiger partial charge on any atom is 0.310 e. The molecule has 0 spiro atoms. The predicted molar refractivity (Wildman–Crippen MR) is 76.3 cm³/mol. The van der Waals surface area contributed by atoms with Crippen LogP contribution in [-0.2, 0) is 9.53 Å². The molecule has 1 fully saturated rings. The monoisotopic (exact) mass is 271 g/mol. The first-order valence-corrected chi connectivity index (χ1v) is 7.43. The molecule has 0 aromatic rings. The van der Waals surface area contributed by atoms with E-state index in [4.69, 9.17) is 4.74 Å². The summed E-state index contributed by atoms with van der Waals surface area (Å²) in [5.41, 5.74) is -0.548. The summed E-state index contributed by atoms with van der Waals surface area (Å²) in [6.07, 6.45) is 3.48. The summed E-state index contributed by atoms with van der Waals surface area (Å²) >= 11 is 0. The Morgan fingerprint density at radius 1 is 1.47 bits per heavy atom. The van der Waals surface area contributed by atoms with Crippen LogP contribution < -0.4 is 0 Å². The van der Waals surface area contributed by atoms with Crippen molar-refractivity contribution in [2.45, 2.75) is 52.5 Å². The normalized spacial score (nSPS) is 26.6. The molecule has 1 saturated heterocycles. The lowest BCUT2D eigenvalue weighted by Gasteiger charge is -2.44. The van der Waals surface area contributed by atoms with Gasteiger partial charge in [0.1, 0.15) is 0 Å². The molecule has 112 valence electrons. The van der Waals surface area contributed by atoms with Crippen LogP contribution in [0.3, 0.4) is 0 Å². The minimum Gasteiger partial charge on any atom is -0.481 e. The second-order valence-corrected chi connectivity index (χ2v) is 6.18. The van der Waals surface area contributed by atoms with Crippen LogP contribution in [0.5, 0.6) is 0 Å². The van der Waals surface area contributed by atoms with Crippen molar-refractivity contribution in [2.24, 2.45) is 11.3 Å². The summed E-state index contributed by atoms with van der Waals surface area (Å²) in [7, 11) is 1.72. The zero-order valence-electron chi connectivity index (χ0n) is 12.8. The summed E-state index contributed by atoms with van der Waals surface area (Å²) < 4.78 is 5.32. The van der Waals surface area contributed by atoms with Crippen LogP contribution in [0.4, 0.5) is 0 Å².